The van der Waals surface area contributed by atoms with Crippen LogP contribution in [0.4, 0.5) is 0 Å². The Morgan fingerprint density at radius 1 is 1.17 bits per heavy atom. The van der Waals surface area contributed by atoms with E-state index in [1.54, 1.807) is 10.7 Å². The molecule has 1 aromatic carbocycles. The van der Waals surface area contributed by atoms with Crippen LogP contribution in [0.3, 0.4) is 0 Å². The fourth-order valence-corrected chi connectivity index (χ4v) is 4.09. The standard InChI is InChI=1S/C21H27ClN4O3/c1-14-17(15(2)24(3)23-14)13-19(27)25-9-11-26(12-10-25)20(21(28)29-4)16-7-5-6-8-18(16)22/h5-8,20H,9-13H2,1-4H3. The Labute approximate surface area is 176 Å². The van der Waals surface area contributed by atoms with Gasteiger partial charge in [0, 0.05) is 49.5 Å². The predicted octanol–water partition coefficient (Wildman–Crippen LogP) is 2.29. The van der Waals surface area contributed by atoms with Crippen molar-refractivity contribution in [2.24, 2.45) is 7.05 Å². The molecule has 0 bridgehead atoms. The van der Waals surface area contributed by atoms with Crippen LogP contribution in [0, 0.1) is 13.8 Å². The summed E-state index contributed by atoms with van der Waals surface area (Å²) in [6.07, 6.45) is 0.344. The number of ether oxygens (including phenoxy) is 1. The molecule has 1 aliphatic rings. The monoisotopic (exact) mass is 418 g/mol. The minimum Gasteiger partial charge on any atom is -0.468 e. The number of carbonyl (C=O) groups excluding carboxylic acids is 2. The molecule has 1 saturated heterocycles. The van der Waals surface area contributed by atoms with E-state index >= 15 is 0 Å². The van der Waals surface area contributed by atoms with Gasteiger partial charge < -0.3 is 9.64 Å². The predicted molar refractivity (Wildman–Crippen MR) is 111 cm³/mol. The number of methoxy groups -OCH3 is 1. The first-order valence-electron chi connectivity index (χ1n) is 9.66. The average Bonchev–Trinajstić information content (AvgIpc) is 2.96. The molecule has 1 fully saturated rings. The highest BCUT2D eigenvalue weighted by atomic mass is 35.5. The van der Waals surface area contributed by atoms with Gasteiger partial charge in [0.15, 0.2) is 0 Å². The first-order valence-corrected chi connectivity index (χ1v) is 10.0. The van der Waals surface area contributed by atoms with Gasteiger partial charge in [-0.3, -0.25) is 14.4 Å². The van der Waals surface area contributed by atoms with Gasteiger partial charge in [-0.1, -0.05) is 29.8 Å². The molecule has 1 atom stereocenters. The molecule has 29 heavy (non-hydrogen) atoms. The smallest absolute Gasteiger partial charge is 0.327 e. The zero-order chi connectivity index (χ0) is 21.1. The van der Waals surface area contributed by atoms with Crippen molar-refractivity contribution < 1.29 is 14.3 Å². The molecule has 2 heterocycles. The maximum Gasteiger partial charge on any atom is 0.327 e. The van der Waals surface area contributed by atoms with E-state index in [4.69, 9.17) is 16.3 Å². The number of rotatable bonds is 5. The van der Waals surface area contributed by atoms with Crippen LogP contribution in [-0.4, -0.2) is 64.7 Å². The number of aromatic nitrogens is 2. The van der Waals surface area contributed by atoms with Gasteiger partial charge in [0.25, 0.3) is 0 Å². The Hall–Kier alpha value is -2.38. The molecule has 0 radical (unpaired) electrons. The molecule has 156 valence electrons. The normalized spacial score (nSPS) is 16.0. The van der Waals surface area contributed by atoms with Gasteiger partial charge in [-0.25, -0.2) is 4.79 Å². The number of esters is 1. The van der Waals surface area contributed by atoms with Crippen LogP contribution in [0.15, 0.2) is 24.3 Å². The van der Waals surface area contributed by atoms with Crippen molar-refractivity contribution in [2.75, 3.05) is 33.3 Å². The molecule has 3 rings (SSSR count). The molecule has 0 N–H and O–H groups in total. The lowest BCUT2D eigenvalue weighted by Crippen LogP contribution is -2.51. The van der Waals surface area contributed by atoms with Crippen molar-refractivity contribution in [3.8, 4) is 0 Å². The van der Waals surface area contributed by atoms with Crippen LogP contribution in [-0.2, 0) is 27.8 Å². The van der Waals surface area contributed by atoms with Crippen LogP contribution in [0.5, 0.6) is 0 Å². The fourth-order valence-electron chi connectivity index (χ4n) is 3.85. The third-order valence-corrected chi connectivity index (χ3v) is 5.99. The van der Waals surface area contributed by atoms with Gasteiger partial charge in [-0.15, -0.1) is 0 Å². The summed E-state index contributed by atoms with van der Waals surface area (Å²) < 4.78 is 6.83. The minimum atomic E-state index is -0.575. The summed E-state index contributed by atoms with van der Waals surface area (Å²) in [5.41, 5.74) is 3.62. The molecule has 8 heteroatoms. The fraction of sp³-hybridized carbons (Fsp3) is 0.476. The largest absolute Gasteiger partial charge is 0.468 e. The maximum atomic E-state index is 12.8. The number of amides is 1. The zero-order valence-electron chi connectivity index (χ0n) is 17.3. The summed E-state index contributed by atoms with van der Waals surface area (Å²) in [7, 11) is 3.27. The van der Waals surface area contributed by atoms with Crippen molar-refractivity contribution in [1.29, 1.82) is 0 Å². The van der Waals surface area contributed by atoms with E-state index in [0.717, 1.165) is 22.5 Å². The molecular weight excluding hydrogens is 392 g/mol. The first-order chi connectivity index (χ1) is 13.8. The van der Waals surface area contributed by atoms with E-state index in [0.29, 0.717) is 37.6 Å². The van der Waals surface area contributed by atoms with E-state index < -0.39 is 6.04 Å². The number of hydrogen-bond acceptors (Lipinski definition) is 5. The highest BCUT2D eigenvalue weighted by Crippen LogP contribution is 2.29. The Morgan fingerprint density at radius 2 is 1.83 bits per heavy atom. The third kappa shape index (κ3) is 4.46. The van der Waals surface area contributed by atoms with Crippen molar-refractivity contribution in [1.82, 2.24) is 19.6 Å². The molecule has 1 aromatic heterocycles. The Morgan fingerprint density at radius 3 is 2.38 bits per heavy atom. The SMILES string of the molecule is COC(=O)C(c1ccccc1Cl)N1CCN(C(=O)Cc2c(C)nn(C)c2C)CC1. The molecular formula is C21H27ClN4O3. The molecule has 7 nitrogen and oxygen atoms in total. The van der Waals surface area contributed by atoms with Crippen molar-refractivity contribution >= 4 is 23.5 Å². The lowest BCUT2D eigenvalue weighted by Gasteiger charge is -2.38. The summed E-state index contributed by atoms with van der Waals surface area (Å²) in [4.78, 5) is 29.2. The van der Waals surface area contributed by atoms with Crippen LogP contribution < -0.4 is 0 Å². The number of aryl methyl sites for hydroxylation is 2. The molecule has 1 aliphatic heterocycles. The van der Waals surface area contributed by atoms with Crippen molar-refractivity contribution in [2.45, 2.75) is 26.3 Å². The summed E-state index contributed by atoms with van der Waals surface area (Å²) in [6, 6.07) is 6.73. The van der Waals surface area contributed by atoms with Crippen LogP contribution in [0.25, 0.3) is 0 Å². The Balaban J connectivity index is 1.69. The average molecular weight is 419 g/mol. The Kier molecular flexibility index (Phi) is 6.59. The highest BCUT2D eigenvalue weighted by molar-refractivity contribution is 6.31. The van der Waals surface area contributed by atoms with Gasteiger partial charge in [-0.05, 0) is 25.5 Å². The number of halogens is 1. The summed E-state index contributed by atoms with van der Waals surface area (Å²) in [5, 5.41) is 4.92. The summed E-state index contributed by atoms with van der Waals surface area (Å²) >= 11 is 6.33. The minimum absolute atomic E-state index is 0.0798. The van der Waals surface area contributed by atoms with Gasteiger partial charge in [0.1, 0.15) is 6.04 Å². The van der Waals surface area contributed by atoms with E-state index in [1.807, 2.05) is 48.9 Å². The second kappa shape index (κ2) is 8.97. The molecule has 2 aromatic rings. The van der Waals surface area contributed by atoms with Crippen LogP contribution in [0.1, 0.15) is 28.6 Å². The molecule has 1 unspecified atom stereocenters. The van der Waals surface area contributed by atoms with Crippen molar-refractivity contribution in [3.63, 3.8) is 0 Å². The van der Waals surface area contributed by atoms with Gasteiger partial charge in [0.05, 0.1) is 19.2 Å². The number of nitrogens with zero attached hydrogens (tertiary/aromatic N) is 4. The van der Waals surface area contributed by atoms with E-state index in [9.17, 15) is 9.59 Å². The van der Waals surface area contributed by atoms with Crippen LogP contribution in [0.2, 0.25) is 5.02 Å². The zero-order valence-corrected chi connectivity index (χ0v) is 18.1. The third-order valence-electron chi connectivity index (χ3n) is 5.64. The number of hydrogen-bond donors (Lipinski definition) is 0. The Bertz CT molecular complexity index is 903. The van der Waals surface area contributed by atoms with Crippen LogP contribution >= 0.6 is 11.6 Å². The molecule has 0 aliphatic carbocycles. The summed E-state index contributed by atoms with van der Waals surface area (Å²) in [5.74, 6) is -0.268. The molecule has 0 saturated carbocycles. The quantitative estimate of drug-likeness (QED) is 0.697. The summed E-state index contributed by atoms with van der Waals surface area (Å²) in [6.45, 7) is 6.15. The van der Waals surface area contributed by atoms with E-state index in [2.05, 4.69) is 5.10 Å². The highest BCUT2D eigenvalue weighted by Gasteiger charge is 2.33. The molecule has 0 spiro atoms. The van der Waals surface area contributed by atoms with E-state index in [1.165, 1.54) is 7.11 Å². The van der Waals surface area contributed by atoms with Gasteiger partial charge in [0.2, 0.25) is 5.91 Å². The van der Waals surface area contributed by atoms with Gasteiger partial charge >= 0.3 is 5.97 Å². The first kappa shape index (κ1) is 21.3. The van der Waals surface area contributed by atoms with E-state index in [-0.39, 0.29) is 11.9 Å². The topological polar surface area (TPSA) is 67.7 Å². The van der Waals surface area contributed by atoms with Gasteiger partial charge in [-0.2, -0.15) is 5.10 Å². The lowest BCUT2D eigenvalue weighted by atomic mass is 10.0. The molecule has 1 amide bonds. The number of piperazine rings is 1. The number of benzene rings is 1. The lowest BCUT2D eigenvalue weighted by molar-refractivity contribution is -0.148. The second-order valence-corrected chi connectivity index (χ2v) is 7.72. The number of carbonyl (C=O) groups is 2. The van der Waals surface area contributed by atoms with Crippen molar-refractivity contribution in [3.05, 3.63) is 51.8 Å². The maximum absolute atomic E-state index is 12.8. The second-order valence-electron chi connectivity index (χ2n) is 7.31.